The quantitative estimate of drug-likeness (QED) is 0.0357. The van der Waals surface area contributed by atoms with E-state index < -0.39 is 23.5 Å². The van der Waals surface area contributed by atoms with Gasteiger partial charge in [-0.25, -0.2) is 0 Å². The van der Waals surface area contributed by atoms with Crippen molar-refractivity contribution >= 4 is 29.6 Å². The molecule has 0 aromatic heterocycles. The van der Waals surface area contributed by atoms with Crippen LogP contribution in [0.1, 0.15) is 240 Å². The lowest BCUT2D eigenvalue weighted by molar-refractivity contribution is -0.180. The van der Waals surface area contributed by atoms with Crippen molar-refractivity contribution in [2.75, 3.05) is 73.7 Å². The van der Waals surface area contributed by atoms with Gasteiger partial charge in [0.15, 0.2) is 11.6 Å². The molecule has 4 atom stereocenters. The molecule has 0 amide bonds. The molecule has 0 radical (unpaired) electrons. The number of carbonyl (C=O) groups excluding carboxylic acids is 2. The molecule has 0 aromatic rings. The molecule has 2 heterocycles. The van der Waals surface area contributed by atoms with Crippen molar-refractivity contribution in [3.05, 3.63) is 0 Å². The second-order valence-electron chi connectivity index (χ2n) is 20.0. The molecule has 0 aromatic carbocycles. The Morgan fingerprint density at radius 1 is 0.552 bits per heavy atom. The minimum Gasteiger partial charge on any atom is -0.464 e. The fourth-order valence-electron chi connectivity index (χ4n) is 9.08. The Morgan fingerprint density at radius 2 is 0.910 bits per heavy atom. The van der Waals surface area contributed by atoms with Gasteiger partial charge < -0.3 is 43.5 Å². The molecule has 0 bridgehead atoms. The average molecular weight is 971 g/mol. The molecule has 67 heavy (non-hydrogen) atoms. The van der Waals surface area contributed by atoms with Crippen molar-refractivity contribution < 1.29 is 38.0 Å². The van der Waals surface area contributed by atoms with Crippen LogP contribution in [0.15, 0.2) is 0 Å². The molecular formula is C55H107N3O8S. The van der Waals surface area contributed by atoms with Crippen LogP contribution in [0.5, 0.6) is 0 Å². The van der Waals surface area contributed by atoms with Crippen LogP contribution in [0.2, 0.25) is 0 Å². The first kappa shape index (κ1) is 63.6. The van der Waals surface area contributed by atoms with Gasteiger partial charge in [0.1, 0.15) is 13.1 Å². The normalized spacial score (nSPS) is 20.2. The van der Waals surface area contributed by atoms with E-state index in [0.29, 0.717) is 26.4 Å². The summed E-state index contributed by atoms with van der Waals surface area (Å²) < 4.78 is 37.0. The predicted octanol–water partition coefficient (Wildman–Crippen LogP) is 13.3. The molecule has 396 valence electrons. The Kier molecular flexibility index (Phi) is 41.2. The van der Waals surface area contributed by atoms with Crippen LogP contribution in [-0.2, 0) is 38.0 Å². The largest absolute Gasteiger partial charge is 0.464 e. The zero-order valence-corrected chi connectivity index (χ0v) is 45.6. The predicted molar refractivity (Wildman–Crippen MR) is 282 cm³/mol. The summed E-state index contributed by atoms with van der Waals surface area (Å²) in [7, 11) is 6.17. The number of rotatable bonds is 45. The van der Waals surface area contributed by atoms with Crippen molar-refractivity contribution in [2.24, 2.45) is 0 Å². The van der Waals surface area contributed by atoms with Crippen LogP contribution in [0.25, 0.3) is 0 Å². The van der Waals surface area contributed by atoms with Gasteiger partial charge in [-0.15, -0.1) is 0 Å². The molecule has 1 N–H and O–H groups in total. The van der Waals surface area contributed by atoms with Gasteiger partial charge >= 0.3 is 11.9 Å². The maximum atomic E-state index is 12.6. The lowest BCUT2D eigenvalue weighted by atomic mass is 9.99. The maximum absolute atomic E-state index is 12.6. The van der Waals surface area contributed by atoms with Crippen molar-refractivity contribution in [1.82, 2.24) is 15.1 Å². The topological polar surface area (TPSA) is 108 Å². The van der Waals surface area contributed by atoms with Crippen LogP contribution < -0.4 is 5.32 Å². The Hall–Kier alpha value is -1.41. The van der Waals surface area contributed by atoms with E-state index in [2.05, 4.69) is 52.0 Å². The van der Waals surface area contributed by atoms with E-state index in [0.717, 1.165) is 96.4 Å². The van der Waals surface area contributed by atoms with E-state index in [1.807, 2.05) is 7.05 Å². The third-order valence-electron chi connectivity index (χ3n) is 13.2. The van der Waals surface area contributed by atoms with Gasteiger partial charge in [-0.3, -0.25) is 9.59 Å². The fourth-order valence-corrected chi connectivity index (χ4v) is 9.23. The number of nitrogens with one attached hydrogen (secondary N) is 1. The number of ether oxygens (including phenoxy) is 6. The average Bonchev–Trinajstić information content (AvgIpc) is 3.92. The van der Waals surface area contributed by atoms with Gasteiger partial charge in [0.25, 0.3) is 0 Å². The van der Waals surface area contributed by atoms with Crippen molar-refractivity contribution in [1.29, 1.82) is 0 Å². The minimum atomic E-state index is -0.424. The van der Waals surface area contributed by atoms with Gasteiger partial charge in [0, 0.05) is 25.7 Å². The summed E-state index contributed by atoms with van der Waals surface area (Å²) in [5.41, 5.74) is 1.33. The molecule has 2 saturated heterocycles. The van der Waals surface area contributed by atoms with Crippen LogP contribution in [0.4, 0.5) is 0 Å². The molecule has 11 nitrogen and oxygen atoms in total. The highest BCUT2D eigenvalue weighted by atomic mass is 32.1. The second-order valence-corrected chi connectivity index (χ2v) is 20.2. The first-order chi connectivity index (χ1) is 32.6. The zero-order valence-electron chi connectivity index (χ0n) is 44.8. The Morgan fingerprint density at radius 3 is 1.25 bits per heavy atom. The molecule has 12 heteroatoms. The Labute approximate surface area is 418 Å². The highest BCUT2D eigenvalue weighted by Crippen LogP contribution is 2.37. The monoisotopic (exact) mass is 970 g/mol. The molecule has 4 unspecified atom stereocenters. The number of unbranched alkanes of at least 4 members (excludes halogenated alkanes) is 20. The van der Waals surface area contributed by atoms with Gasteiger partial charge in [-0.2, -0.15) is 0 Å². The summed E-state index contributed by atoms with van der Waals surface area (Å²) in [6.45, 7) is 13.1. The molecular weight excluding hydrogens is 863 g/mol. The summed E-state index contributed by atoms with van der Waals surface area (Å²) in [6, 6.07) is 0. The van der Waals surface area contributed by atoms with E-state index in [-0.39, 0.29) is 25.3 Å². The highest BCUT2D eigenvalue weighted by Gasteiger charge is 2.41. The third kappa shape index (κ3) is 34.5. The maximum Gasteiger partial charge on any atom is 0.325 e. The highest BCUT2D eigenvalue weighted by molar-refractivity contribution is 7.78. The summed E-state index contributed by atoms with van der Waals surface area (Å²) in [5, 5.41) is 3.10. The van der Waals surface area contributed by atoms with Crippen LogP contribution >= 0.6 is 12.2 Å². The lowest BCUT2D eigenvalue weighted by Gasteiger charge is -2.28. The summed E-state index contributed by atoms with van der Waals surface area (Å²) in [4.78, 5) is 28.8. The third-order valence-corrected chi connectivity index (χ3v) is 13.5. The van der Waals surface area contributed by atoms with Gasteiger partial charge in [-0.05, 0) is 105 Å². The number of esters is 2. The molecule has 2 rings (SSSR count). The fraction of sp³-hybridized carbons (Fsp3) is 0.945. The van der Waals surface area contributed by atoms with Crippen molar-refractivity contribution in [3.8, 4) is 0 Å². The first-order valence-electron chi connectivity index (χ1n) is 28.0. The van der Waals surface area contributed by atoms with E-state index in [1.54, 1.807) is 0 Å². The second kappa shape index (κ2) is 43.4. The van der Waals surface area contributed by atoms with E-state index in [4.69, 9.17) is 40.6 Å². The first-order valence-corrected chi connectivity index (χ1v) is 28.5. The lowest BCUT2D eigenvalue weighted by Crippen LogP contribution is -2.34. The van der Waals surface area contributed by atoms with Crippen molar-refractivity contribution in [2.45, 2.75) is 263 Å². The molecule has 0 spiro atoms. The Bertz CT molecular complexity index is 1090. The molecule has 2 fully saturated rings. The van der Waals surface area contributed by atoms with Crippen molar-refractivity contribution in [3.63, 3.8) is 0 Å². The van der Waals surface area contributed by atoms with Crippen LogP contribution in [0.3, 0.4) is 0 Å². The summed E-state index contributed by atoms with van der Waals surface area (Å²) >= 11 is 5.10. The SMILES string of the molecule is CCCCCCCCCC1(CCCCCC)OCC(CCCCOC(=O)CN(C=S)CC(=O)OCCCCC2COC(CCCCCC)(CCCCCCCCC)O2)O1.CNCCCN(C)C. The van der Waals surface area contributed by atoms with Crippen LogP contribution in [0, 0.1) is 0 Å². The number of carbonyl (C=O) groups is 2. The molecule has 2 aliphatic rings. The molecule has 0 aliphatic carbocycles. The van der Waals surface area contributed by atoms with Gasteiger partial charge in [-0.1, -0.05) is 155 Å². The van der Waals surface area contributed by atoms with E-state index in [1.165, 1.54) is 139 Å². The molecule has 0 saturated carbocycles. The van der Waals surface area contributed by atoms with Gasteiger partial charge in [0.05, 0.1) is 44.1 Å². The number of thiocarbonyl (C=S) groups is 1. The standard InChI is InChI=1S/C49H91NO8S.C6H16N2/c1-5-9-13-17-19-21-27-35-48(33-25-15-11-7-3)55-41-44(57-48)31-23-29-37-53-46(51)39-50(43-59)40-47(52)54-38-30-24-32-45-42-56-49(58-45,34-26-16-12-8-4)36-28-22-20-18-14-10-6-2;1-7-5-4-6-8(2)3/h43-45H,5-42H2,1-4H3;7H,4-6H2,1-3H3. The summed E-state index contributed by atoms with van der Waals surface area (Å²) in [5.74, 6) is -1.64. The number of hydrogen-bond acceptors (Lipinski definition) is 11. The Balaban J connectivity index is 0.00000255. The van der Waals surface area contributed by atoms with Crippen LogP contribution in [-0.4, -0.2) is 125 Å². The number of hydrogen-bond donors (Lipinski definition) is 1. The van der Waals surface area contributed by atoms with E-state index >= 15 is 0 Å². The minimum absolute atomic E-state index is 0.0740. The smallest absolute Gasteiger partial charge is 0.325 e. The zero-order chi connectivity index (χ0) is 49.1. The molecule has 2 aliphatic heterocycles. The van der Waals surface area contributed by atoms with E-state index in [9.17, 15) is 9.59 Å². The van der Waals surface area contributed by atoms with Gasteiger partial charge in [0.2, 0.25) is 0 Å². The number of nitrogens with zero attached hydrogens (tertiary/aromatic N) is 2. The summed E-state index contributed by atoms with van der Waals surface area (Å²) in [6.07, 6.45) is 38.2.